The SMILES string of the molecule is CCOC(=O)c1c(OCC)cc(CN2CCC(Nc3ccc4cccc(Cl)c4n3)CC2)cc1OCC. The second kappa shape index (κ2) is 12.3. The predicted molar refractivity (Wildman–Crippen MR) is 143 cm³/mol. The first kappa shape index (κ1) is 26.0. The molecule has 1 aliphatic heterocycles. The average molecular weight is 512 g/mol. The van der Waals surface area contributed by atoms with Crippen molar-refractivity contribution in [3.63, 3.8) is 0 Å². The van der Waals surface area contributed by atoms with E-state index in [-0.39, 0.29) is 0 Å². The zero-order valence-electron chi connectivity index (χ0n) is 21.2. The Balaban J connectivity index is 1.42. The molecule has 0 aliphatic carbocycles. The molecule has 0 spiro atoms. The van der Waals surface area contributed by atoms with Crippen molar-refractivity contribution in [2.24, 2.45) is 0 Å². The van der Waals surface area contributed by atoms with Gasteiger partial charge in [-0.15, -0.1) is 0 Å². The average Bonchev–Trinajstić information content (AvgIpc) is 2.86. The zero-order chi connectivity index (χ0) is 25.5. The molecule has 1 saturated heterocycles. The summed E-state index contributed by atoms with van der Waals surface area (Å²) in [5.74, 6) is 1.45. The minimum atomic E-state index is -0.425. The number of hydrogen-bond donors (Lipinski definition) is 1. The van der Waals surface area contributed by atoms with E-state index in [1.807, 2.05) is 50.2 Å². The molecule has 0 amide bonds. The van der Waals surface area contributed by atoms with Gasteiger partial charge in [-0.2, -0.15) is 0 Å². The lowest BCUT2D eigenvalue weighted by Crippen LogP contribution is -2.38. The molecule has 0 radical (unpaired) electrons. The molecular formula is C28H34ClN3O4. The van der Waals surface area contributed by atoms with Gasteiger partial charge in [0, 0.05) is 31.1 Å². The van der Waals surface area contributed by atoms with Crippen LogP contribution in [0, 0.1) is 0 Å². The number of halogens is 1. The van der Waals surface area contributed by atoms with E-state index in [0.717, 1.165) is 54.8 Å². The van der Waals surface area contributed by atoms with Gasteiger partial charge in [-0.3, -0.25) is 4.90 Å². The van der Waals surface area contributed by atoms with Crippen LogP contribution in [0.3, 0.4) is 0 Å². The lowest BCUT2D eigenvalue weighted by molar-refractivity contribution is 0.0517. The van der Waals surface area contributed by atoms with Crippen LogP contribution in [0.5, 0.6) is 11.5 Å². The number of nitrogens with one attached hydrogen (secondary N) is 1. The molecule has 1 aromatic heterocycles. The van der Waals surface area contributed by atoms with Crippen molar-refractivity contribution >= 4 is 34.3 Å². The van der Waals surface area contributed by atoms with E-state index in [1.54, 1.807) is 6.92 Å². The van der Waals surface area contributed by atoms with E-state index >= 15 is 0 Å². The summed E-state index contributed by atoms with van der Waals surface area (Å²) in [6.07, 6.45) is 2.00. The van der Waals surface area contributed by atoms with Gasteiger partial charge in [0.05, 0.1) is 30.4 Å². The van der Waals surface area contributed by atoms with Gasteiger partial charge in [0.15, 0.2) is 0 Å². The molecule has 8 heteroatoms. The Kier molecular flexibility index (Phi) is 8.88. The van der Waals surface area contributed by atoms with Crippen LogP contribution in [0.4, 0.5) is 5.82 Å². The van der Waals surface area contributed by atoms with Crippen molar-refractivity contribution in [1.29, 1.82) is 0 Å². The Labute approximate surface area is 217 Å². The fraction of sp³-hybridized carbons (Fsp3) is 0.429. The van der Waals surface area contributed by atoms with Gasteiger partial charge in [0.1, 0.15) is 22.9 Å². The number of anilines is 1. The number of nitrogens with zero attached hydrogens (tertiary/aromatic N) is 2. The third-order valence-electron chi connectivity index (χ3n) is 6.22. The summed E-state index contributed by atoms with van der Waals surface area (Å²) in [6.45, 7) is 9.42. The number of carbonyl (C=O) groups excluding carboxylic acids is 1. The summed E-state index contributed by atoms with van der Waals surface area (Å²) in [5.41, 5.74) is 2.23. The van der Waals surface area contributed by atoms with Gasteiger partial charge < -0.3 is 19.5 Å². The lowest BCUT2D eigenvalue weighted by Gasteiger charge is -2.33. The second-order valence-electron chi connectivity index (χ2n) is 8.76. The Hall–Kier alpha value is -3.03. The topological polar surface area (TPSA) is 72.9 Å². The van der Waals surface area contributed by atoms with Gasteiger partial charge in [0.25, 0.3) is 0 Å². The number of para-hydroxylation sites is 1. The second-order valence-corrected chi connectivity index (χ2v) is 9.16. The van der Waals surface area contributed by atoms with E-state index in [1.165, 1.54) is 0 Å². The summed E-state index contributed by atoms with van der Waals surface area (Å²) in [4.78, 5) is 19.7. The molecule has 1 fully saturated rings. The van der Waals surface area contributed by atoms with Gasteiger partial charge in [-0.25, -0.2) is 9.78 Å². The fourth-order valence-corrected chi connectivity index (χ4v) is 4.80. The maximum atomic E-state index is 12.6. The highest BCUT2D eigenvalue weighted by atomic mass is 35.5. The number of rotatable bonds is 10. The maximum absolute atomic E-state index is 12.6. The monoisotopic (exact) mass is 511 g/mol. The fourth-order valence-electron chi connectivity index (χ4n) is 4.57. The van der Waals surface area contributed by atoms with E-state index in [9.17, 15) is 4.79 Å². The molecule has 0 bridgehead atoms. The number of benzene rings is 2. The normalized spacial score (nSPS) is 14.6. The largest absolute Gasteiger partial charge is 0.493 e. The molecule has 36 heavy (non-hydrogen) atoms. The third kappa shape index (κ3) is 6.20. The Bertz CT molecular complexity index is 1170. The Morgan fingerprint density at radius 3 is 2.36 bits per heavy atom. The number of pyridine rings is 1. The highest BCUT2D eigenvalue weighted by Gasteiger charge is 2.24. The third-order valence-corrected chi connectivity index (χ3v) is 6.53. The van der Waals surface area contributed by atoms with Gasteiger partial charge in [-0.1, -0.05) is 23.7 Å². The molecule has 192 valence electrons. The van der Waals surface area contributed by atoms with Crippen LogP contribution < -0.4 is 14.8 Å². The van der Waals surface area contributed by atoms with Crippen LogP contribution in [0.1, 0.15) is 49.5 Å². The molecule has 0 unspecified atom stereocenters. The summed E-state index contributed by atoms with van der Waals surface area (Å²) < 4.78 is 16.9. The minimum Gasteiger partial charge on any atom is -0.493 e. The highest BCUT2D eigenvalue weighted by Crippen LogP contribution is 2.33. The van der Waals surface area contributed by atoms with Crippen LogP contribution in [-0.2, 0) is 11.3 Å². The highest BCUT2D eigenvalue weighted by molar-refractivity contribution is 6.35. The number of likely N-dealkylation sites (tertiary alicyclic amines) is 1. The van der Waals surface area contributed by atoms with Crippen molar-refractivity contribution in [3.8, 4) is 11.5 Å². The van der Waals surface area contributed by atoms with E-state index < -0.39 is 5.97 Å². The number of fused-ring (bicyclic) bond motifs is 1. The van der Waals surface area contributed by atoms with Gasteiger partial charge in [0.2, 0.25) is 0 Å². The quantitative estimate of drug-likeness (QED) is 0.338. The molecule has 1 N–H and O–H groups in total. The molecule has 7 nitrogen and oxygen atoms in total. The zero-order valence-corrected chi connectivity index (χ0v) is 21.9. The van der Waals surface area contributed by atoms with Gasteiger partial charge in [-0.05, 0) is 69.5 Å². The molecular weight excluding hydrogens is 478 g/mol. The maximum Gasteiger partial charge on any atom is 0.345 e. The molecule has 1 aliphatic rings. The Morgan fingerprint density at radius 2 is 1.72 bits per heavy atom. The Morgan fingerprint density at radius 1 is 1.03 bits per heavy atom. The van der Waals surface area contributed by atoms with Crippen LogP contribution >= 0.6 is 11.6 Å². The summed E-state index contributed by atoms with van der Waals surface area (Å²) >= 11 is 6.33. The van der Waals surface area contributed by atoms with Crippen LogP contribution in [0.15, 0.2) is 42.5 Å². The number of piperidine rings is 1. The number of hydrogen-bond acceptors (Lipinski definition) is 7. The van der Waals surface area contributed by atoms with E-state index in [0.29, 0.717) is 47.9 Å². The molecule has 4 rings (SSSR count). The standard InChI is InChI=1S/C28H34ClN3O4/c1-4-34-23-16-19(17-24(35-5-2)26(23)28(33)36-6-3)18-32-14-12-21(13-15-32)30-25-11-10-20-8-7-9-22(29)27(20)31-25/h7-11,16-17,21H,4-6,12-15,18H2,1-3H3,(H,30,31). The van der Waals surface area contributed by atoms with Crippen LogP contribution in [-0.4, -0.2) is 54.8 Å². The smallest absolute Gasteiger partial charge is 0.345 e. The number of aromatic nitrogens is 1. The van der Waals surface area contributed by atoms with Crippen molar-refractivity contribution < 1.29 is 19.0 Å². The molecule has 0 atom stereocenters. The summed E-state index contributed by atoms with van der Waals surface area (Å²) in [5, 5.41) is 5.28. The van der Waals surface area contributed by atoms with Crippen molar-refractivity contribution in [2.45, 2.75) is 46.2 Å². The summed E-state index contributed by atoms with van der Waals surface area (Å²) in [7, 11) is 0. The first-order chi connectivity index (χ1) is 17.5. The van der Waals surface area contributed by atoms with Crippen molar-refractivity contribution in [1.82, 2.24) is 9.88 Å². The predicted octanol–water partition coefficient (Wildman–Crippen LogP) is 5.94. The molecule has 2 aromatic carbocycles. The molecule has 2 heterocycles. The lowest BCUT2D eigenvalue weighted by atomic mass is 10.0. The minimum absolute atomic E-state index is 0.294. The number of esters is 1. The van der Waals surface area contributed by atoms with Crippen LogP contribution in [0.2, 0.25) is 5.02 Å². The first-order valence-corrected chi connectivity index (χ1v) is 13.0. The number of carbonyl (C=O) groups is 1. The van der Waals surface area contributed by atoms with Crippen molar-refractivity contribution in [3.05, 3.63) is 58.6 Å². The van der Waals surface area contributed by atoms with E-state index in [2.05, 4.69) is 16.3 Å². The summed E-state index contributed by atoms with van der Waals surface area (Å²) in [6, 6.07) is 14.1. The van der Waals surface area contributed by atoms with E-state index in [4.69, 9.17) is 30.8 Å². The van der Waals surface area contributed by atoms with Crippen LogP contribution in [0.25, 0.3) is 10.9 Å². The molecule has 0 saturated carbocycles. The van der Waals surface area contributed by atoms with Gasteiger partial charge >= 0.3 is 5.97 Å². The molecule has 3 aromatic rings. The first-order valence-electron chi connectivity index (χ1n) is 12.7. The number of ether oxygens (including phenoxy) is 3. The van der Waals surface area contributed by atoms with Crippen molar-refractivity contribution in [2.75, 3.05) is 38.2 Å².